The third-order valence-electron chi connectivity index (χ3n) is 2.59. The highest BCUT2D eigenvalue weighted by molar-refractivity contribution is 7.99. The molecule has 0 radical (unpaired) electrons. The summed E-state index contributed by atoms with van der Waals surface area (Å²) >= 11 is 1.16. The lowest BCUT2D eigenvalue weighted by molar-refractivity contribution is -0.136. The van der Waals surface area contributed by atoms with Gasteiger partial charge < -0.3 is 10.8 Å². The van der Waals surface area contributed by atoms with Gasteiger partial charge in [-0.05, 0) is 11.5 Å². The van der Waals surface area contributed by atoms with Crippen LogP contribution in [0.2, 0.25) is 0 Å². The van der Waals surface area contributed by atoms with Crippen LogP contribution in [0.5, 0.6) is 0 Å². The molecule has 0 spiro atoms. The van der Waals surface area contributed by atoms with Crippen LogP contribution >= 0.6 is 11.8 Å². The first-order chi connectivity index (χ1) is 9.42. The molecule has 7 heteroatoms. The van der Waals surface area contributed by atoms with Gasteiger partial charge >= 0.3 is 5.97 Å². The third kappa shape index (κ3) is 3.40. The number of carboxylic acid groups (broad SMARTS) is 1. The molecule has 1 rings (SSSR count). The zero-order chi connectivity index (χ0) is 15.3. The molecule has 0 amide bonds. The van der Waals surface area contributed by atoms with Crippen molar-refractivity contribution in [1.29, 1.82) is 10.5 Å². The summed E-state index contributed by atoms with van der Waals surface area (Å²) in [5.41, 5.74) is 6.85. The van der Waals surface area contributed by atoms with Gasteiger partial charge in [0.25, 0.3) is 0 Å². The van der Waals surface area contributed by atoms with Crippen LogP contribution in [0, 0.1) is 22.7 Å². The maximum absolute atomic E-state index is 10.5. The van der Waals surface area contributed by atoms with Crippen LogP contribution in [0.15, 0.2) is 5.03 Å². The van der Waals surface area contributed by atoms with E-state index in [0.29, 0.717) is 21.9 Å². The highest BCUT2D eigenvalue weighted by atomic mass is 32.2. The Morgan fingerprint density at radius 1 is 1.40 bits per heavy atom. The van der Waals surface area contributed by atoms with Crippen molar-refractivity contribution in [2.75, 3.05) is 11.5 Å². The zero-order valence-electron chi connectivity index (χ0n) is 11.2. The highest BCUT2D eigenvalue weighted by Gasteiger charge is 2.21. The van der Waals surface area contributed by atoms with Crippen molar-refractivity contribution in [3.05, 3.63) is 16.7 Å². The van der Waals surface area contributed by atoms with Gasteiger partial charge in [-0.15, -0.1) is 11.8 Å². The van der Waals surface area contributed by atoms with Crippen LogP contribution in [-0.4, -0.2) is 21.8 Å². The fourth-order valence-corrected chi connectivity index (χ4v) is 2.67. The van der Waals surface area contributed by atoms with E-state index in [-0.39, 0.29) is 23.7 Å². The van der Waals surface area contributed by atoms with Gasteiger partial charge in [0.05, 0.1) is 17.5 Å². The second-order valence-corrected chi connectivity index (χ2v) is 5.42. The average Bonchev–Trinajstić information content (AvgIpc) is 2.37. The summed E-state index contributed by atoms with van der Waals surface area (Å²) in [5, 5.41) is 27.5. The number of carboxylic acids is 1. The molecule has 0 atom stereocenters. The minimum Gasteiger partial charge on any atom is -0.481 e. The van der Waals surface area contributed by atoms with Crippen LogP contribution in [0.1, 0.15) is 42.9 Å². The number of pyridine rings is 1. The number of rotatable bonds is 5. The molecule has 0 aliphatic rings. The van der Waals surface area contributed by atoms with Crippen molar-refractivity contribution in [2.24, 2.45) is 0 Å². The molecule has 0 aliphatic heterocycles. The van der Waals surface area contributed by atoms with E-state index in [2.05, 4.69) is 4.98 Å². The van der Waals surface area contributed by atoms with Crippen LogP contribution < -0.4 is 5.73 Å². The molecular weight excluding hydrogens is 276 g/mol. The van der Waals surface area contributed by atoms with Gasteiger partial charge in [-0.2, -0.15) is 10.5 Å². The van der Waals surface area contributed by atoms with E-state index < -0.39 is 5.97 Å². The van der Waals surface area contributed by atoms with Crippen molar-refractivity contribution >= 4 is 23.5 Å². The number of carbonyl (C=O) groups is 1. The average molecular weight is 290 g/mol. The smallest absolute Gasteiger partial charge is 0.304 e. The van der Waals surface area contributed by atoms with E-state index >= 15 is 0 Å². The first kappa shape index (κ1) is 15.8. The number of nitrogens with zero attached hydrogens (tertiary/aromatic N) is 3. The molecule has 6 nitrogen and oxygen atoms in total. The molecule has 0 bridgehead atoms. The fourth-order valence-electron chi connectivity index (χ4n) is 1.74. The van der Waals surface area contributed by atoms with Gasteiger partial charge in [-0.1, -0.05) is 13.8 Å². The lowest BCUT2D eigenvalue weighted by Gasteiger charge is -2.14. The van der Waals surface area contributed by atoms with E-state index in [9.17, 15) is 10.1 Å². The number of nitriles is 2. The molecule has 3 N–H and O–H groups in total. The molecule has 0 fully saturated rings. The summed E-state index contributed by atoms with van der Waals surface area (Å²) in [6.45, 7) is 3.73. The zero-order valence-corrected chi connectivity index (χ0v) is 12.0. The number of hydrogen-bond donors (Lipinski definition) is 2. The second-order valence-electron chi connectivity index (χ2n) is 4.34. The minimum absolute atomic E-state index is 0.0336. The number of nitrogen functional groups attached to an aromatic ring is 1. The topological polar surface area (TPSA) is 124 Å². The van der Waals surface area contributed by atoms with E-state index in [1.165, 1.54) is 0 Å². The van der Waals surface area contributed by atoms with Gasteiger partial charge in [0.1, 0.15) is 23.0 Å². The van der Waals surface area contributed by atoms with Crippen molar-refractivity contribution in [3.8, 4) is 12.1 Å². The molecule has 0 saturated heterocycles. The predicted molar refractivity (Wildman–Crippen MR) is 75.1 cm³/mol. The highest BCUT2D eigenvalue weighted by Crippen LogP contribution is 2.33. The maximum atomic E-state index is 10.5. The molecule has 1 aromatic heterocycles. The Balaban J connectivity index is 3.30. The van der Waals surface area contributed by atoms with Crippen LogP contribution in [0.3, 0.4) is 0 Å². The SMILES string of the molecule is CC(C)c1c(C#N)c(N)nc(SCCC(=O)O)c1C#N. The number of thioether (sulfide) groups is 1. The summed E-state index contributed by atoms with van der Waals surface area (Å²) in [5.74, 6) is -0.599. The van der Waals surface area contributed by atoms with Gasteiger partial charge in [0, 0.05) is 5.75 Å². The molecule has 104 valence electrons. The number of aliphatic carboxylic acids is 1. The van der Waals surface area contributed by atoms with E-state index in [0.717, 1.165) is 11.8 Å². The lowest BCUT2D eigenvalue weighted by Crippen LogP contribution is -2.07. The summed E-state index contributed by atoms with van der Waals surface area (Å²) in [4.78, 5) is 14.6. The second kappa shape index (κ2) is 6.78. The van der Waals surface area contributed by atoms with Gasteiger partial charge in [-0.3, -0.25) is 4.79 Å². The molecule has 1 aromatic rings. The predicted octanol–water partition coefficient (Wildman–Crippen LogP) is 2.10. The molecular formula is C13H14N4O2S. The quantitative estimate of drug-likeness (QED) is 0.795. The van der Waals surface area contributed by atoms with Crippen LogP contribution in [0.4, 0.5) is 5.82 Å². The summed E-state index contributed by atoms with van der Waals surface area (Å²) in [6, 6.07) is 4.03. The summed E-state index contributed by atoms with van der Waals surface area (Å²) < 4.78 is 0. The molecule has 0 unspecified atom stereocenters. The first-order valence-corrected chi connectivity index (χ1v) is 6.89. The fraction of sp³-hybridized carbons (Fsp3) is 0.385. The van der Waals surface area contributed by atoms with Gasteiger partial charge in [-0.25, -0.2) is 4.98 Å². The molecule has 20 heavy (non-hydrogen) atoms. The maximum Gasteiger partial charge on any atom is 0.304 e. The molecule has 0 saturated carbocycles. The monoisotopic (exact) mass is 290 g/mol. The Labute approximate surface area is 121 Å². The first-order valence-electron chi connectivity index (χ1n) is 5.90. The third-order valence-corrected chi connectivity index (χ3v) is 3.56. The van der Waals surface area contributed by atoms with E-state index in [1.807, 2.05) is 26.0 Å². The standard InChI is InChI=1S/C13H14N4O2S/c1-7(2)11-8(5-14)12(16)17-13(9(11)6-15)20-4-3-10(18)19/h7H,3-4H2,1-2H3,(H2,16,17)(H,18,19). The van der Waals surface area contributed by atoms with Crippen LogP contribution in [0.25, 0.3) is 0 Å². The summed E-state index contributed by atoms with van der Waals surface area (Å²) in [7, 11) is 0. The van der Waals surface area contributed by atoms with E-state index in [1.54, 1.807) is 0 Å². The Kier molecular flexibility index (Phi) is 5.36. The Bertz CT molecular complexity index is 614. The van der Waals surface area contributed by atoms with Gasteiger partial charge in [0.15, 0.2) is 0 Å². The number of anilines is 1. The minimum atomic E-state index is -0.915. The van der Waals surface area contributed by atoms with E-state index in [4.69, 9.17) is 16.1 Å². The summed E-state index contributed by atoms with van der Waals surface area (Å²) in [6.07, 6.45) is -0.0336. The van der Waals surface area contributed by atoms with Crippen molar-refractivity contribution in [3.63, 3.8) is 0 Å². The van der Waals surface area contributed by atoms with Crippen molar-refractivity contribution in [1.82, 2.24) is 4.98 Å². The molecule has 0 aliphatic carbocycles. The molecule has 1 heterocycles. The lowest BCUT2D eigenvalue weighted by atomic mass is 9.94. The number of nitrogens with two attached hydrogens (primary N) is 1. The Morgan fingerprint density at radius 2 is 2.00 bits per heavy atom. The van der Waals surface area contributed by atoms with Crippen molar-refractivity contribution < 1.29 is 9.90 Å². The van der Waals surface area contributed by atoms with Crippen LogP contribution in [-0.2, 0) is 4.79 Å². The Hall–Kier alpha value is -2.25. The Morgan fingerprint density at radius 3 is 2.45 bits per heavy atom. The molecule has 0 aromatic carbocycles. The number of aromatic nitrogens is 1. The van der Waals surface area contributed by atoms with Crippen molar-refractivity contribution in [2.45, 2.75) is 31.2 Å². The number of hydrogen-bond acceptors (Lipinski definition) is 6. The largest absolute Gasteiger partial charge is 0.481 e. The normalized spacial score (nSPS) is 10.1. The van der Waals surface area contributed by atoms with Gasteiger partial charge in [0.2, 0.25) is 0 Å².